The number of nitrogens with one attached hydrogen (secondary N) is 1. The number of hydrogen-bond acceptors (Lipinski definition) is 4. The summed E-state index contributed by atoms with van der Waals surface area (Å²) in [6.07, 6.45) is 2.64. The fraction of sp³-hybridized carbons (Fsp3) is 1.00. The Balaban J connectivity index is 2.06. The van der Waals surface area contributed by atoms with Crippen molar-refractivity contribution in [3.05, 3.63) is 0 Å². The molecule has 124 valence electrons. The van der Waals surface area contributed by atoms with Gasteiger partial charge in [-0.15, -0.1) is 0 Å². The Kier molecular flexibility index (Phi) is 5.04. The molecular weight excluding hydrogens is 262 g/mol. The second-order valence-electron chi connectivity index (χ2n) is 8.20. The van der Waals surface area contributed by atoms with Gasteiger partial charge in [0.15, 0.2) is 0 Å². The maximum Gasteiger partial charge on any atom is 0.0790 e. The van der Waals surface area contributed by atoms with E-state index < -0.39 is 0 Å². The number of nitrogens with zero attached hydrogens (tertiary/aromatic N) is 2. The summed E-state index contributed by atoms with van der Waals surface area (Å²) in [4.78, 5) is 5.03. The quantitative estimate of drug-likeness (QED) is 0.856. The maximum atomic E-state index is 6.37. The zero-order valence-corrected chi connectivity index (χ0v) is 15.1. The van der Waals surface area contributed by atoms with Crippen LogP contribution >= 0.6 is 0 Å². The van der Waals surface area contributed by atoms with Gasteiger partial charge in [-0.25, -0.2) is 0 Å². The minimum Gasteiger partial charge on any atom is -0.368 e. The molecule has 0 aromatic heterocycles. The van der Waals surface area contributed by atoms with Gasteiger partial charge < -0.3 is 19.9 Å². The van der Waals surface area contributed by atoms with E-state index in [9.17, 15) is 0 Å². The smallest absolute Gasteiger partial charge is 0.0790 e. The van der Waals surface area contributed by atoms with Gasteiger partial charge in [0.25, 0.3) is 0 Å². The first-order valence-electron chi connectivity index (χ1n) is 8.43. The van der Waals surface area contributed by atoms with Gasteiger partial charge in [-0.05, 0) is 68.2 Å². The molecule has 2 rings (SSSR count). The van der Waals surface area contributed by atoms with Crippen LogP contribution in [-0.4, -0.2) is 73.9 Å². The molecule has 0 amide bonds. The molecule has 3 atom stereocenters. The van der Waals surface area contributed by atoms with Crippen molar-refractivity contribution in [3.63, 3.8) is 0 Å². The van der Waals surface area contributed by atoms with Crippen molar-refractivity contribution in [1.29, 1.82) is 0 Å². The molecule has 3 unspecified atom stereocenters. The first-order valence-corrected chi connectivity index (χ1v) is 8.43. The lowest BCUT2D eigenvalue weighted by Gasteiger charge is -2.40. The number of hydrogen-bond donors (Lipinski definition) is 1. The Morgan fingerprint density at radius 3 is 2.43 bits per heavy atom. The molecule has 2 heterocycles. The van der Waals surface area contributed by atoms with Crippen LogP contribution in [0, 0.1) is 5.92 Å². The number of piperidine rings is 1. The standard InChI is InChI=1S/C17H35N3O/c1-16(2)14(15(18-5)17(3,4)21-16)12-20-10-8-9-13(11-20)19(6)7/h13-15,18H,8-12H2,1-7H3. The molecule has 0 aromatic rings. The predicted octanol–water partition coefficient (Wildman–Crippen LogP) is 1.80. The van der Waals surface area contributed by atoms with E-state index in [2.05, 4.69) is 64.0 Å². The largest absolute Gasteiger partial charge is 0.368 e. The van der Waals surface area contributed by atoms with Gasteiger partial charge in [-0.2, -0.15) is 0 Å². The first-order chi connectivity index (χ1) is 9.67. The molecule has 2 aliphatic heterocycles. The third-order valence-electron chi connectivity index (χ3n) is 5.55. The molecule has 0 saturated carbocycles. The lowest BCUT2D eigenvalue weighted by molar-refractivity contribution is -0.0800. The lowest BCUT2D eigenvalue weighted by atomic mass is 9.82. The van der Waals surface area contributed by atoms with Crippen LogP contribution in [0.15, 0.2) is 0 Å². The first kappa shape index (κ1) is 17.2. The molecule has 21 heavy (non-hydrogen) atoms. The number of likely N-dealkylation sites (tertiary alicyclic amines) is 1. The summed E-state index contributed by atoms with van der Waals surface area (Å²) < 4.78 is 6.37. The third kappa shape index (κ3) is 3.61. The normalized spacial score (nSPS) is 36.3. The number of likely N-dealkylation sites (N-methyl/N-ethyl adjacent to an activating group) is 2. The van der Waals surface area contributed by atoms with Crippen molar-refractivity contribution in [2.24, 2.45) is 5.92 Å². The number of rotatable bonds is 4. The van der Waals surface area contributed by atoms with E-state index in [1.807, 2.05) is 0 Å². The molecule has 2 saturated heterocycles. The summed E-state index contributed by atoms with van der Waals surface area (Å²) in [5, 5.41) is 3.52. The van der Waals surface area contributed by atoms with E-state index in [0.29, 0.717) is 18.0 Å². The minimum absolute atomic E-state index is 0.0672. The molecular formula is C17H35N3O. The second-order valence-corrected chi connectivity index (χ2v) is 8.20. The van der Waals surface area contributed by atoms with Crippen LogP contribution < -0.4 is 5.32 Å². The van der Waals surface area contributed by atoms with Crippen LogP contribution in [0.4, 0.5) is 0 Å². The summed E-state index contributed by atoms with van der Waals surface area (Å²) >= 11 is 0. The van der Waals surface area contributed by atoms with Crippen molar-refractivity contribution in [2.75, 3.05) is 40.8 Å². The van der Waals surface area contributed by atoms with Crippen LogP contribution in [0.2, 0.25) is 0 Å². The van der Waals surface area contributed by atoms with Crippen LogP contribution in [0.1, 0.15) is 40.5 Å². The summed E-state index contributed by atoms with van der Waals surface area (Å²) in [5.74, 6) is 0.526. The van der Waals surface area contributed by atoms with Crippen LogP contribution in [0.25, 0.3) is 0 Å². The molecule has 0 radical (unpaired) electrons. The maximum absolute atomic E-state index is 6.37. The summed E-state index contributed by atoms with van der Waals surface area (Å²) in [6.45, 7) is 12.5. The van der Waals surface area contributed by atoms with E-state index in [1.165, 1.54) is 25.9 Å². The Bertz CT molecular complexity index is 354. The van der Waals surface area contributed by atoms with Crippen molar-refractivity contribution in [3.8, 4) is 0 Å². The van der Waals surface area contributed by atoms with Gasteiger partial charge in [0, 0.05) is 31.1 Å². The Labute approximate surface area is 131 Å². The predicted molar refractivity (Wildman–Crippen MR) is 88.7 cm³/mol. The van der Waals surface area contributed by atoms with Gasteiger partial charge in [0.1, 0.15) is 0 Å². The highest BCUT2D eigenvalue weighted by Crippen LogP contribution is 2.42. The van der Waals surface area contributed by atoms with Gasteiger partial charge in [0.2, 0.25) is 0 Å². The highest BCUT2D eigenvalue weighted by Gasteiger charge is 2.53. The van der Waals surface area contributed by atoms with E-state index in [-0.39, 0.29) is 11.2 Å². The molecule has 0 aliphatic carbocycles. The van der Waals surface area contributed by atoms with Gasteiger partial charge >= 0.3 is 0 Å². The fourth-order valence-corrected chi connectivity index (χ4v) is 4.47. The van der Waals surface area contributed by atoms with E-state index in [1.54, 1.807) is 0 Å². The summed E-state index contributed by atoms with van der Waals surface area (Å²) in [5.41, 5.74) is -0.165. The highest BCUT2D eigenvalue weighted by molar-refractivity contribution is 5.06. The minimum atomic E-state index is -0.0976. The van der Waals surface area contributed by atoms with E-state index in [0.717, 1.165) is 6.54 Å². The van der Waals surface area contributed by atoms with Gasteiger partial charge in [-0.1, -0.05) is 0 Å². The summed E-state index contributed by atoms with van der Waals surface area (Å²) in [6, 6.07) is 1.11. The summed E-state index contributed by atoms with van der Waals surface area (Å²) in [7, 11) is 6.48. The van der Waals surface area contributed by atoms with Gasteiger partial charge in [-0.3, -0.25) is 0 Å². The Morgan fingerprint density at radius 2 is 1.86 bits per heavy atom. The van der Waals surface area contributed by atoms with Crippen molar-refractivity contribution >= 4 is 0 Å². The monoisotopic (exact) mass is 297 g/mol. The van der Waals surface area contributed by atoms with Gasteiger partial charge in [0.05, 0.1) is 11.2 Å². The Morgan fingerprint density at radius 1 is 1.19 bits per heavy atom. The fourth-order valence-electron chi connectivity index (χ4n) is 4.47. The topological polar surface area (TPSA) is 27.7 Å². The van der Waals surface area contributed by atoms with Crippen molar-refractivity contribution < 1.29 is 4.74 Å². The zero-order chi connectivity index (χ0) is 15.8. The third-order valence-corrected chi connectivity index (χ3v) is 5.55. The molecule has 1 N–H and O–H groups in total. The number of ether oxygens (including phenoxy) is 1. The SMILES string of the molecule is CNC1C(CN2CCCC(N(C)C)C2)C(C)(C)OC1(C)C. The average Bonchev–Trinajstić information content (AvgIpc) is 2.54. The lowest BCUT2D eigenvalue weighted by Crippen LogP contribution is -2.53. The van der Waals surface area contributed by atoms with E-state index >= 15 is 0 Å². The molecule has 0 spiro atoms. The van der Waals surface area contributed by atoms with Crippen LogP contribution in [0.5, 0.6) is 0 Å². The second kappa shape index (κ2) is 6.15. The molecule has 2 aliphatic rings. The zero-order valence-electron chi connectivity index (χ0n) is 15.1. The molecule has 4 nitrogen and oxygen atoms in total. The van der Waals surface area contributed by atoms with Crippen LogP contribution in [-0.2, 0) is 4.74 Å². The average molecular weight is 297 g/mol. The highest BCUT2D eigenvalue weighted by atomic mass is 16.5. The molecule has 0 bridgehead atoms. The van der Waals surface area contributed by atoms with Crippen molar-refractivity contribution in [2.45, 2.75) is 63.8 Å². The molecule has 4 heteroatoms. The van der Waals surface area contributed by atoms with E-state index in [4.69, 9.17) is 4.74 Å². The van der Waals surface area contributed by atoms with Crippen molar-refractivity contribution in [1.82, 2.24) is 15.1 Å². The molecule has 2 fully saturated rings. The Hall–Kier alpha value is -0.160. The molecule has 0 aromatic carbocycles. The van der Waals surface area contributed by atoms with Crippen LogP contribution in [0.3, 0.4) is 0 Å².